The first kappa shape index (κ1) is 24.3. The molecular weight excluding hydrogens is 470 g/mol. The van der Waals surface area contributed by atoms with Crippen molar-refractivity contribution in [2.75, 3.05) is 11.8 Å². The summed E-state index contributed by atoms with van der Waals surface area (Å²) >= 11 is 0. The van der Waals surface area contributed by atoms with Crippen LogP contribution in [0, 0.1) is 5.92 Å². The predicted octanol–water partition coefficient (Wildman–Crippen LogP) is 3.61. The lowest BCUT2D eigenvalue weighted by Crippen LogP contribution is -2.41. The molecule has 1 aliphatic rings. The van der Waals surface area contributed by atoms with E-state index in [-0.39, 0.29) is 22.8 Å². The van der Waals surface area contributed by atoms with Crippen molar-refractivity contribution in [3.63, 3.8) is 0 Å². The summed E-state index contributed by atoms with van der Waals surface area (Å²) in [7, 11) is -2.42. The highest BCUT2D eigenvalue weighted by atomic mass is 32.2. The molecule has 1 aliphatic carbocycles. The number of anilines is 1. The number of carbonyl (C=O) groups is 2. The third-order valence-electron chi connectivity index (χ3n) is 5.82. The van der Waals surface area contributed by atoms with Crippen molar-refractivity contribution in [3.05, 3.63) is 77.7 Å². The molecule has 4 rings (SSSR count). The average molecular weight is 498 g/mol. The zero-order valence-electron chi connectivity index (χ0n) is 19.4. The highest BCUT2D eigenvalue weighted by Gasteiger charge is 2.36. The van der Waals surface area contributed by atoms with Crippen LogP contribution in [0.2, 0.25) is 0 Å². The van der Waals surface area contributed by atoms with Gasteiger partial charge < -0.3 is 9.15 Å². The Balaban J connectivity index is 1.29. The molecule has 0 saturated heterocycles. The number of rotatable bonds is 9. The topological polar surface area (TPSA) is 127 Å². The van der Waals surface area contributed by atoms with Gasteiger partial charge in [-0.05, 0) is 66.9 Å². The molecule has 1 aromatic heterocycles. The van der Waals surface area contributed by atoms with Gasteiger partial charge in [0.05, 0.1) is 12.0 Å². The van der Waals surface area contributed by atoms with E-state index in [1.807, 2.05) is 12.1 Å². The number of carbonyl (C=O) groups excluding carboxylic acids is 2. The van der Waals surface area contributed by atoms with Crippen LogP contribution in [-0.4, -0.2) is 27.3 Å². The Morgan fingerprint density at radius 2 is 1.80 bits per heavy atom. The molecule has 0 spiro atoms. The zero-order valence-corrected chi connectivity index (χ0v) is 20.2. The molecule has 2 amide bonds. The van der Waals surface area contributed by atoms with Gasteiger partial charge in [-0.25, -0.2) is 8.42 Å². The average Bonchev–Trinajstić information content (AvgIpc) is 3.40. The first-order chi connectivity index (χ1) is 16.7. The van der Waals surface area contributed by atoms with Gasteiger partial charge in [0.1, 0.15) is 17.3 Å². The van der Waals surface area contributed by atoms with Crippen LogP contribution in [0.15, 0.2) is 70.0 Å². The standard InChI is InChI=1S/C25H27N3O6S/c1-16-14-22(16)23-12-10-20(34-23)11-13-24(29)26-27-25(30)17-4-3-5-21(15-17)35(31,32)28-18-6-8-19(33-2)9-7-18/h3-10,12,15-16,22,28H,11,13-14H2,1-2H3,(H,26,29)(H,27,30). The van der Waals surface area contributed by atoms with E-state index >= 15 is 0 Å². The Morgan fingerprint density at radius 1 is 1.06 bits per heavy atom. The molecule has 35 heavy (non-hydrogen) atoms. The molecule has 0 aliphatic heterocycles. The molecular formula is C25H27N3O6S. The van der Waals surface area contributed by atoms with E-state index < -0.39 is 15.9 Å². The molecule has 184 valence electrons. The van der Waals surface area contributed by atoms with Crippen LogP contribution in [0.1, 0.15) is 47.6 Å². The molecule has 1 heterocycles. The summed E-state index contributed by atoms with van der Waals surface area (Å²) in [6.45, 7) is 2.17. The number of amides is 2. The van der Waals surface area contributed by atoms with Gasteiger partial charge in [-0.2, -0.15) is 0 Å². The molecule has 0 radical (unpaired) electrons. The number of furan rings is 1. The van der Waals surface area contributed by atoms with Gasteiger partial charge in [0.25, 0.3) is 15.9 Å². The first-order valence-corrected chi connectivity index (χ1v) is 12.7. The fourth-order valence-corrected chi connectivity index (χ4v) is 4.73. The van der Waals surface area contributed by atoms with Crippen LogP contribution in [0.25, 0.3) is 0 Å². The van der Waals surface area contributed by atoms with E-state index in [2.05, 4.69) is 22.5 Å². The fourth-order valence-electron chi connectivity index (χ4n) is 3.62. The van der Waals surface area contributed by atoms with Crippen molar-refractivity contribution in [1.29, 1.82) is 0 Å². The summed E-state index contributed by atoms with van der Waals surface area (Å²) in [4.78, 5) is 24.5. The lowest BCUT2D eigenvalue weighted by molar-refractivity contribution is -0.121. The number of hydrazine groups is 1. The number of benzene rings is 2. The Hall–Kier alpha value is -3.79. The van der Waals surface area contributed by atoms with Crippen molar-refractivity contribution in [1.82, 2.24) is 10.9 Å². The SMILES string of the molecule is COc1ccc(NS(=O)(=O)c2cccc(C(=O)NNC(=O)CCc3ccc(C4CC4C)o3)c2)cc1. The molecule has 1 fully saturated rings. The second kappa shape index (κ2) is 10.2. The summed E-state index contributed by atoms with van der Waals surface area (Å²) in [6, 6.07) is 15.7. The van der Waals surface area contributed by atoms with Crippen LogP contribution in [0.4, 0.5) is 5.69 Å². The number of sulfonamides is 1. The molecule has 3 N–H and O–H groups in total. The summed E-state index contributed by atoms with van der Waals surface area (Å²) in [5.74, 6) is 2.36. The quantitative estimate of drug-likeness (QED) is 0.388. The Morgan fingerprint density at radius 3 is 2.49 bits per heavy atom. The van der Waals surface area contributed by atoms with Crippen molar-refractivity contribution in [2.45, 2.75) is 37.0 Å². The number of ether oxygens (including phenoxy) is 1. The maximum atomic E-state index is 12.7. The monoisotopic (exact) mass is 497 g/mol. The molecule has 10 heteroatoms. The number of aryl methyl sites for hydroxylation is 1. The number of methoxy groups -OCH3 is 1. The number of hydrogen-bond acceptors (Lipinski definition) is 6. The van der Waals surface area contributed by atoms with Crippen LogP contribution in [-0.2, 0) is 21.2 Å². The molecule has 2 atom stereocenters. The van der Waals surface area contributed by atoms with E-state index in [0.29, 0.717) is 29.7 Å². The highest BCUT2D eigenvalue weighted by Crippen LogP contribution is 2.47. The summed E-state index contributed by atoms with van der Waals surface area (Å²) < 4.78 is 38.8. The lowest BCUT2D eigenvalue weighted by atomic mass is 10.2. The zero-order chi connectivity index (χ0) is 25.0. The Kier molecular flexibility index (Phi) is 7.11. The van der Waals surface area contributed by atoms with Gasteiger partial charge in [-0.15, -0.1) is 0 Å². The number of hydrogen-bond donors (Lipinski definition) is 3. The van der Waals surface area contributed by atoms with Gasteiger partial charge in [0.15, 0.2) is 0 Å². The normalized spacial score (nSPS) is 16.9. The van der Waals surface area contributed by atoms with Crippen molar-refractivity contribution >= 4 is 27.5 Å². The number of nitrogens with one attached hydrogen (secondary N) is 3. The van der Waals surface area contributed by atoms with Crippen LogP contribution in [0.5, 0.6) is 5.75 Å². The van der Waals surface area contributed by atoms with Gasteiger partial charge in [0.2, 0.25) is 5.91 Å². The minimum Gasteiger partial charge on any atom is -0.497 e. The first-order valence-electron chi connectivity index (χ1n) is 11.2. The molecule has 2 aromatic carbocycles. The molecule has 3 aromatic rings. The smallest absolute Gasteiger partial charge is 0.269 e. The van der Waals surface area contributed by atoms with Gasteiger partial charge >= 0.3 is 0 Å². The van der Waals surface area contributed by atoms with Crippen LogP contribution in [0.3, 0.4) is 0 Å². The second-order valence-electron chi connectivity index (χ2n) is 8.49. The molecule has 1 saturated carbocycles. The Labute approximate surface area is 203 Å². The van der Waals surface area contributed by atoms with Gasteiger partial charge in [-0.3, -0.25) is 25.2 Å². The summed E-state index contributed by atoms with van der Waals surface area (Å²) in [5.41, 5.74) is 5.10. The van der Waals surface area contributed by atoms with Crippen molar-refractivity contribution < 1.29 is 27.2 Å². The molecule has 0 bridgehead atoms. The van der Waals surface area contributed by atoms with Crippen molar-refractivity contribution in [3.8, 4) is 5.75 Å². The van der Waals surface area contributed by atoms with Gasteiger partial charge in [0, 0.05) is 30.0 Å². The fraction of sp³-hybridized carbons (Fsp3) is 0.280. The second-order valence-corrected chi connectivity index (χ2v) is 10.2. The van der Waals surface area contributed by atoms with Crippen molar-refractivity contribution in [2.24, 2.45) is 5.92 Å². The van der Waals surface area contributed by atoms with E-state index in [0.717, 1.165) is 17.9 Å². The minimum atomic E-state index is -3.93. The van der Waals surface area contributed by atoms with Crippen LogP contribution >= 0.6 is 0 Å². The van der Waals surface area contributed by atoms with Gasteiger partial charge in [-0.1, -0.05) is 13.0 Å². The third-order valence-corrected chi connectivity index (χ3v) is 7.20. The Bertz CT molecular complexity index is 1320. The summed E-state index contributed by atoms with van der Waals surface area (Å²) in [6.07, 6.45) is 1.67. The van der Waals surface area contributed by atoms with Crippen LogP contribution < -0.4 is 20.3 Å². The third kappa shape index (κ3) is 6.21. The molecule has 2 unspecified atom stereocenters. The largest absolute Gasteiger partial charge is 0.497 e. The minimum absolute atomic E-state index is 0.0807. The van der Waals surface area contributed by atoms with E-state index in [1.165, 1.54) is 31.4 Å². The molecule has 9 nitrogen and oxygen atoms in total. The lowest BCUT2D eigenvalue weighted by Gasteiger charge is -2.11. The van der Waals surface area contributed by atoms with E-state index in [9.17, 15) is 18.0 Å². The summed E-state index contributed by atoms with van der Waals surface area (Å²) in [5, 5.41) is 0. The highest BCUT2D eigenvalue weighted by molar-refractivity contribution is 7.92. The van der Waals surface area contributed by atoms with E-state index in [4.69, 9.17) is 9.15 Å². The maximum absolute atomic E-state index is 12.7. The maximum Gasteiger partial charge on any atom is 0.269 e. The predicted molar refractivity (Wildman–Crippen MR) is 129 cm³/mol. The van der Waals surface area contributed by atoms with E-state index in [1.54, 1.807) is 24.3 Å².